The summed E-state index contributed by atoms with van der Waals surface area (Å²) in [5, 5.41) is 3.16. The Morgan fingerprint density at radius 3 is 2.68 bits per heavy atom. The van der Waals surface area contributed by atoms with Crippen molar-refractivity contribution in [2.75, 3.05) is 25.1 Å². The highest BCUT2D eigenvalue weighted by atomic mass is 32.2. The lowest BCUT2D eigenvalue weighted by atomic mass is 9.71. The second kappa shape index (κ2) is 6.72. The summed E-state index contributed by atoms with van der Waals surface area (Å²) in [6.07, 6.45) is 2.58. The third kappa shape index (κ3) is 4.06. The summed E-state index contributed by atoms with van der Waals surface area (Å²) < 4.78 is 23.2. The zero-order valence-electron chi connectivity index (χ0n) is 15.3. The first-order valence-corrected chi connectivity index (χ1v) is 10.8. The molecule has 3 rings (SSSR count). The predicted octanol–water partition coefficient (Wildman–Crippen LogP) is 2.03. The Bertz CT molecular complexity index is 758. The van der Waals surface area contributed by atoms with Crippen LogP contribution in [0.1, 0.15) is 50.3 Å². The molecule has 0 aromatic heterocycles. The predicted molar refractivity (Wildman–Crippen MR) is 99.3 cm³/mol. The van der Waals surface area contributed by atoms with Crippen LogP contribution >= 0.6 is 0 Å². The average molecular weight is 365 g/mol. The Labute approximate surface area is 150 Å². The van der Waals surface area contributed by atoms with Crippen molar-refractivity contribution in [2.45, 2.75) is 50.6 Å². The summed E-state index contributed by atoms with van der Waals surface area (Å²) in [6, 6.07) is 8.33. The topological polar surface area (TPSA) is 66.5 Å². The number of amides is 1. The fourth-order valence-corrected chi connectivity index (χ4v) is 5.89. The van der Waals surface area contributed by atoms with Crippen LogP contribution in [0.15, 0.2) is 24.3 Å². The van der Waals surface area contributed by atoms with Crippen LogP contribution in [-0.4, -0.2) is 50.4 Å². The fraction of sp³-hybridized carbons (Fsp3) is 0.632. The average Bonchev–Trinajstić information content (AvgIpc) is 2.91. The number of rotatable bonds is 4. The summed E-state index contributed by atoms with van der Waals surface area (Å²) in [5.41, 5.74) is 2.65. The van der Waals surface area contributed by atoms with E-state index in [-0.39, 0.29) is 41.5 Å². The molecule has 0 bridgehead atoms. The Morgan fingerprint density at radius 2 is 2.00 bits per heavy atom. The molecule has 1 fully saturated rings. The molecule has 2 atom stereocenters. The Kier molecular flexibility index (Phi) is 4.95. The van der Waals surface area contributed by atoms with Crippen molar-refractivity contribution in [3.05, 3.63) is 35.4 Å². The third-order valence-electron chi connectivity index (χ3n) is 5.68. The molecular formula is C19H28N2O3S. The van der Waals surface area contributed by atoms with E-state index in [1.807, 2.05) is 18.0 Å². The number of fused-ring (bicyclic) bond motifs is 1. The second-order valence-electron chi connectivity index (χ2n) is 8.10. The molecule has 1 aliphatic carbocycles. The molecule has 0 unspecified atom stereocenters. The summed E-state index contributed by atoms with van der Waals surface area (Å²) in [6.45, 7) is 4.73. The van der Waals surface area contributed by atoms with Crippen molar-refractivity contribution in [3.8, 4) is 0 Å². The maximum absolute atomic E-state index is 12.5. The Hall–Kier alpha value is -1.40. The normalized spacial score (nSPS) is 27.0. The van der Waals surface area contributed by atoms with Crippen LogP contribution in [0.4, 0.5) is 0 Å². The minimum absolute atomic E-state index is 0.0358. The van der Waals surface area contributed by atoms with Gasteiger partial charge in [-0.15, -0.1) is 0 Å². The van der Waals surface area contributed by atoms with Gasteiger partial charge < -0.3 is 5.32 Å². The molecule has 2 aliphatic rings. The van der Waals surface area contributed by atoms with Gasteiger partial charge >= 0.3 is 0 Å². The number of nitrogens with one attached hydrogen (secondary N) is 1. The minimum Gasteiger partial charge on any atom is -0.348 e. The quantitative estimate of drug-likeness (QED) is 0.888. The maximum atomic E-state index is 12.5. The zero-order chi connectivity index (χ0) is 18.2. The van der Waals surface area contributed by atoms with Crippen LogP contribution in [0.2, 0.25) is 0 Å². The maximum Gasteiger partial charge on any atom is 0.234 e. The number of sulfone groups is 1. The molecule has 1 aromatic rings. The zero-order valence-corrected chi connectivity index (χ0v) is 16.1. The standard InChI is InChI=1S/C19H28N2O3S/c1-19(2)10-8-17(15-6-4-5-7-16(15)19)20-18(22)12-21(3)14-9-11-25(23,24)13-14/h4-7,14,17H,8-13H2,1-3H3,(H,20,22)/t14-,17+/m0/s1. The van der Waals surface area contributed by atoms with Gasteiger partial charge in [0.05, 0.1) is 24.1 Å². The van der Waals surface area contributed by atoms with Crippen LogP contribution in [0.25, 0.3) is 0 Å². The van der Waals surface area contributed by atoms with Crippen LogP contribution in [0.5, 0.6) is 0 Å². The molecule has 1 heterocycles. The van der Waals surface area contributed by atoms with E-state index >= 15 is 0 Å². The van der Waals surface area contributed by atoms with Gasteiger partial charge in [0, 0.05) is 6.04 Å². The smallest absolute Gasteiger partial charge is 0.234 e. The van der Waals surface area contributed by atoms with Crippen molar-refractivity contribution in [3.63, 3.8) is 0 Å². The van der Waals surface area contributed by atoms with Crippen LogP contribution < -0.4 is 5.32 Å². The van der Waals surface area contributed by atoms with Gasteiger partial charge in [-0.25, -0.2) is 8.42 Å². The first-order valence-electron chi connectivity index (χ1n) is 8.97. The number of hydrogen-bond acceptors (Lipinski definition) is 4. The highest BCUT2D eigenvalue weighted by Crippen LogP contribution is 2.41. The van der Waals surface area contributed by atoms with Gasteiger partial charge in [0.1, 0.15) is 0 Å². The first kappa shape index (κ1) is 18.4. The van der Waals surface area contributed by atoms with Crippen molar-refractivity contribution < 1.29 is 13.2 Å². The molecule has 1 amide bonds. The lowest BCUT2D eigenvalue weighted by Crippen LogP contribution is -2.43. The molecule has 1 N–H and O–H groups in total. The van der Waals surface area contributed by atoms with Crippen molar-refractivity contribution in [2.24, 2.45) is 0 Å². The number of carbonyl (C=O) groups excluding carboxylic acids is 1. The molecular weight excluding hydrogens is 336 g/mol. The number of benzene rings is 1. The molecule has 1 aliphatic heterocycles. The monoisotopic (exact) mass is 364 g/mol. The van der Waals surface area contributed by atoms with Crippen molar-refractivity contribution >= 4 is 15.7 Å². The molecule has 138 valence electrons. The van der Waals surface area contributed by atoms with Crippen molar-refractivity contribution in [1.82, 2.24) is 10.2 Å². The molecule has 1 aromatic carbocycles. The highest BCUT2D eigenvalue weighted by molar-refractivity contribution is 7.91. The van der Waals surface area contributed by atoms with Crippen LogP contribution in [-0.2, 0) is 20.0 Å². The molecule has 25 heavy (non-hydrogen) atoms. The van der Waals surface area contributed by atoms with E-state index in [9.17, 15) is 13.2 Å². The van der Waals surface area contributed by atoms with E-state index in [0.29, 0.717) is 6.42 Å². The van der Waals surface area contributed by atoms with E-state index in [0.717, 1.165) is 12.8 Å². The largest absolute Gasteiger partial charge is 0.348 e. The number of likely N-dealkylation sites (N-methyl/N-ethyl adjacent to an activating group) is 1. The Morgan fingerprint density at radius 1 is 1.28 bits per heavy atom. The fourth-order valence-electron chi connectivity index (χ4n) is 4.08. The van der Waals surface area contributed by atoms with Gasteiger partial charge in [-0.3, -0.25) is 9.69 Å². The summed E-state index contributed by atoms with van der Waals surface area (Å²) in [5.74, 6) is 0.359. The Balaban J connectivity index is 1.64. The first-order chi connectivity index (χ1) is 11.7. The second-order valence-corrected chi connectivity index (χ2v) is 10.3. The molecule has 5 nitrogen and oxygen atoms in total. The number of carbonyl (C=O) groups is 1. The van der Waals surface area contributed by atoms with Gasteiger partial charge in [0.25, 0.3) is 0 Å². The molecule has 6 heteroatoms. The van der Waals surface area contributed by atoms with E-state index in [1.54, 1.807) is 0 Å². The van der Waals surface area contributed by atoms with Crippen molar-refractivity contribution in [1.29, 1.82) is 0 Å². The van der Waals surface area contributed by atoms with E-state index in [2.05, 4.69) is 37.4 Å². The highest BCUT2D eigenvalue weighted by Gasteiger charge is 2.34. The molecule has 0 spiro atoms. The third-order valence-corrected chi connectivity index (χ3v) is 7.43. The van der Waals surface area contributed by atoms with Gasteiger partial charge in [-0.05, 0) is 42.9 Å². The van der Waals surface area contributed by atoms with Gasteiger partial charge in [0.2, 0.25) is 5.91 Å². The number of hydrogen-bond donors (Lipinski definition) is 1. The van der Waals surface area contributed by atoms with Crippen LogP contribution in [0.3, 0.4) is 0 Å². The summed E-state index contributed by atoms with van der Waals surface area (Å²) in [4.78, 5) is 14.4. The molecule has 1 saturated heterocycles. The lowest BCUT2D eigenvalue weighted by molar-refractivity contribution is -0.123. The minimum atomic E-state index is -2.93. The van der Waals surface area contributed by atoms with E-state index < -0.39 is 9.84 Å². The summed E-state index contributed by atoms with van der Waals surface area (Å²) in [7, 11) is -1.09. The van der Waals surface area contributed by atoms with Crippen LogP contribution in [0, 0.1) is 0 Å². The van der Waals surface area contributed by atoms with Gasteiger partial charge in [0.15, 0.2) is 9.84 Å². The van der Waals surface area contributed by atoms with E-state index in [4.69, 9.17) is 0 Å². The molecule has 0 saturated carbocycles. The summed E-state index contributed by atoms with van der Waals surface area (Å²) >= 11 is 0. The van der Waals surface area contributed by atoms with E-state index in [1.165, 1.54) is 11.1 Å². The lowest BCUT2D eigenvalue weighted by Gasteiger charge is -2.37. The molecule has 0 radical (unpaired) electrons. The van der Waals surface area contributed by atoms with Gasteiger partial charge in [-0.1, -0.05) is 38.1 Å². The SMILES string of the molecule is CN(CC(=O)N[C@@H]1CCC(C)(C)c2ccccc21)[C@H]1CCS(=O)(=O)C1. The number of nitrogens with zero attached hydrogens (tertiary/aromatic N) is 1. The van der Waals surface area contributed by atoms with Gasteiger partial charge in [-0.2, -0.15) is 0 Å².